The van der Waals surface area contributed by atoms with Crippen LogP contribution in [0.3, 0.4) is 0 Å². The summed E-state index contributed by atoms with van der Waals surface area (Å²) in [5, 5.41) is 15.2. The Labute approximate surface area is 163 Å². The third kappa shape index (κ3) is 4.33. The van der Waals surface area contributed by atoms with Crippen molar-refractivity contribution in [1.82, 2.24) is 5.43 Å². The van der Waals surface area contributed by atoms with Gasteiger partial charge >= 0.3 is 0 Å². The van der Waals surface area contributed by atoms with Crippen LogP contribution in [-0.2, 0) is 0 Å². The van der Waals surface area contributed by atoms with E-state index in [9.17, 15) is 14.9 Å². The number of carbonyl (C=O) groups excluding carboxylic acids is 1. The molecule has 0 spiro atoms. The number of hydrogen-bond donors (Lipinski definition) is 1. The van der Waals surface area contributed by atoms with Crippen LogP contribution in [0.2, 0.25) is 10.0 Å². The molecule has 0 aliphatic carbocycles. The lowest BCUT2D eigenvalue weighted by molar-refractivity contribution is -0.384. The smallest absolute Gasteiger partial charge is 0.271 e. The van der Waals surface area contributed by atoms with E-state index >= 15 is 0 Å². The van der Waals surface area contributed by atoms with Gasteiger partial charge in [0.1, 0.15) is 11.5 Å². The number of halogens is 2. The van der Waals surface area contributed by atoms with E-state index in [4.69, 9.17) is 27.6 Å². The molecule has 0 saturated carbocycles. The van der Waals surface area contributed by atoms with Gasteiger partial charge in [-0.3, -0.25) is 14.9 Å². The molecule has 0 saturated heterocycles. The number of benzene rings is 2. The van der Waals surface area contributed by atoms with Crippen LogP contribution in [0.4, 0.5) is 5.69 Å². The molecule has 0 unspecified atom stereocenters. The van der Waals surface area contributed by atoms with Crippen molar-refractivity contribution in [1.29, 1.82) is 0 Å². The Bertz CT molecular complexity index is 1030. The molecule has 3 aromatic rings. The summed E-state index contributed by atoms with van der Waals surface area (Å²) in [5.74, 6) is 0.390. The summed E-state index contributed by atoms with van der Waals surface area (Å²) < 4.78 is 5.62. The molecule has 1 amide bonds. The predicted octanol–water partition coefficient (Wildman–Crippen LogP) is 4.93. The van der Waals surface area contributed by atoms with Crippen molar-refractivity contribution >= 4 is 41.0 Å². The third-order valence-corrected chi connectivity index (χ3v) is 4.36. The van der Waals surface area contributed by atoms with E-state index in [1.807, 2.05) is 0 Å². The highest BCUT2D eigenvalue weighted by Crippen LogP contribution is 2.34. The van der Waals surface area contributed by atoms with Gasteiger partial charge in [-0.15, -0.1) is 0 Å². The van der Waals surface area contributed by atoms with Crippen LogP contribution >= 0.6 is 23.2 Å². The van der Waals surface area contributed by atoms with E-state index in [-0.39, 0.29) is 11.3 Å². The standard InChI is InChI=1S/C18H11Cl2N3O4/c19-15-3-1-2-14(17(15)20)16-9-8-13(27-16)10-21-22-18(24)11-4-6-12(7-5-11)23(25)26/h1-10H,(H,22,24)/b21-10-. The molecule has 7 nitrogen and oxygen atoms in total. The summed E-state index contributed by atoms with van der Waals surface area (Å²) in [6.45, 7) is 0. The first-order chi connectivity index (χ1) is 13.0. The highest BCUT2D eigenvalue weighted by molar-refractivity contribution is 6.43. The molecule has 1 heterocycles. The molecule has 136 valence electrons. The minimum absolute atomic E-state index is 0.0992. The Kier molecular flexibility index (Phi) is 5.54. The second kappa shape index (κ2) is 8.03. The summed E-state index contributed by atoms with van der Waals surface area (Å²) in [4.78, 5) is 22.0. The molecule has 3 rings (SSSR count). The molecule has 0 bridgehead atoms. The Balaban J connectivity index is 1.66. The van der Waals surface area contributed by atoms with E-state index in [0.29, 0.717) is 27.1 Å². The fourth-order valence-electron chi connectivity index (χ4n) is 2.21. The monoisotopic (exact) mass is 403 g/mol. The SMILES string of the molecule is O=C(N/N=C\c1ccc(-c2cccc(Cl)c2Cl)o1)c1ccc([N+](=O)[O-])cc1. The number of nitrogens with one attached hydrogen (secondary N) is 1. The molecule has 2 aromatic carbocycles. The summed E-state index contributed by atoms with van der Waals surface area (Å²) >= 11 is 12.1. The fraction of sp³-hybridized carbons (Fsp3) is 0. The van der Waals surface area contributed by atoms with Crippen LogP contribution in [0.1, 0.15) is 16.1 Å². The van der Waals surface area contributed by atoms with Crippen molar-refractivity contribution in [2.75, 3.05) is 0 Å². The zero-order valence-electron chi connectivity index (χ0n) is 13.6. The number of hydrogen-bond acceptors (Lipinski definition) is 5. The van der Waals surface area contributed by atoms with Gasteiger partial charge in [0, 0.05) is 23.3 Å². The molecule has 0 aliphatic heterocycles. The lowest BCUT2D eigenvalue weighted by Crippen LogP contribution is -2.17. The second-order valence-corrected chi connectivity index (χ2v) is 6.09. The molecular weight excluding hydrogens is 393 g/mol. The van der Waals surface area contributed by atoms with Crippen molar-refractivity contribution in [3.05, 3.63) is 86.1 Å². The maximum atomic E-state index is 12.0. The number of nitro benzene ring substituents is 1. The molecule has 1 N–H and O–H groups in total. The molecule has 1 aromatic heterocycles. The van der Waals surface area contributed by atoms with Crippen LogP contribution in [0.25, 0.3) is 11.3 Å². The fourth-order valence-corrected chi connectivity index (χ4v) is 2.61. The van der Waals surface area contributed by atoms with Crippen LogP contribution in [-0.4, -0.2) is 17.0 Å². The van der Waals surface area contributed by atoms with Gasteiger partial charge in [0.2, 0.25) is 0 Å². The first-order valence-corrected chi connectivity index (χ1v) is 8.33. The minimum atomic E-state index is -0.541. The largest absolute Gasteiger partial charge is 0.455 e. The van der Waals surface area contributed by atoms with Gasteiger partial charge in [0.25, 0.3) is 11.6 Å². The number of hydrazone groups is 1. The lowest BCUT2D eigenvalue weighted by atomic mass is 10.2. The van der Waals surface area contributed by atoms with Crippen LogP contribution in [0, 0.1) is 10.1 Å². The highest BCUT2D eigenvalue weighted by Gasteiger charge is 2.11. The zero-order valence-corrected chi connectivity index (χ0v) is 15.1. The molecule has 9 heteroatoms. The van der Waals surface area contributed by atoms with Gasteiger partial charge in [-0.25, -0.2) is 5.43 Å². The van der Waals surface area contributed by atoms with Crippen LogP contribution in [0.15, 0.2) is 64.1 Å². The minimum Gasteiger partial charge on any atom is -0.455 e. The molecule has 0 aliphatic rings. The van der Waals surface area contributed by atoms with Crippen molar-refractivity contribution < 1.29 is 14.1 Å². The molecular formula is C18H11Cl2N3O4. The molecule has 0 radical (unpaired) electrons. The predicted molar refractivity (Wildman–Crippen MR) is 102 cm³/mol. The van der Waals surface area contributed by atoms with Gasteiger partial charge in [0.15, 0.2) is 0 Å². The van der Waals surface area contributed by atoms with Gasteiger partial charge in [0.05, 0.1) is 21.2 Å². The number of non-ortho nitro benzene ring substituents is 1. The summed E-state index contributed by atoms with van der Waals surface area (Å²) in [5.41, 5.74) is 3.10. The number of rotatable bonds is 5. The van der Waals surface area contributed by atoms with Gasteiger partial charge in [-0.1, -0.05) is 29.3 Å². The Morgan fingerprint density at radius 3 is 2.56 bits per heavy atom. The Morgan fingerprint density at radius 1 is 1.11 bits per heavy atom. The summed E-state index contributed by atoms with van der Waals surface area (Å²) in [6.07, 6.45) is 1.32. The number of nitrogens with zero attached hydrogens (tertiary/aromatic N) is 2. The molecule has 0 fully saturated rings. The first-order valence-electron chi connectivity index (χ1n) is 7.58. The van der Waals surface area contributed by atoms with Gasteiger partial charge < -0.3 is 4.42 Å². The van der Waals surface area contributed by atoms with E-state index in [2.05, 4.69) is 10.5 Å². The van der Waals surface area contributed by atoms with E-state index in [1.165, 1.54) is 30.5 Å². The van der Waals surface area contributed by atoms with Crippen LogP contribution in [0.5, 0.6) is 0 Å². The summed E-state index contributed by atoms with van der Waals surface area (Å²) in [7, 11) is 0. The average Bonchev–Trinajstić information content (AvgIpc) is 3.12. The third-order valence-electron chi connectivity index (χ3n) is 3.54. The first kappa shape index (κ1) is 18.6. The van der Waals surface area contributed by atoms with E-state index in [1.54, 1.807) is 30.3 Å². The number of nitro groups is 1. The quantitative estimate of drug-likeness (QED) is 0.371. The zero-order chi connectivity index (χ0) is 19.4. The Hall–Kier alpha value is -3.16. The maximum Gasteiger partial charge on any atom is 0.271 e. The number of furan rings is 1. The summed E-state index contributed by atoms with van der Waals surface area (Å²) in [6, 6.07) is 13.7. The van der Waals surface area contributed by atoms with E-state index < -0.39 is 10.8 Å². The van der Waals surface area contributed by atoms with E-state index in [0.717, 1.165) is 0 Å². The normalized spacial score (nSPS) is 10.9. The maximum absolute atomic E-state index is 12.0. The second-order valence-electron chi connectivity index (χ2n) is 5.31. The number of carbonyl (C=O) groups is 1. The number of amides is 1. The van der Waals surface area contributed by atoms with Crippen LogP contribution < -0.4 is 5.43 Å². The Morgan fingerprint density at radius 2 is 1.85 bits per heavy atom. The topological polar surface area (TPSA) is 97.7 Å². The van der Waals surface area contributed by atoms with Gasteiger partial charge in [-0.2, -0.15) is 5.10 Å². The molecule has 0 atom stereocenters. The molecule has 27 heavy (non-hydrogen) atoms. The van der Waals surface area contributed by atoms with Crippen molar-refractivity contribution in [2.45, 2.75) is 0 Å². The lowest BCUT2D eigenvalue weighted by Gasteiger charge is -2.02. The van der Waals surface area contributed by atoms with Crippen molar-refractivity contribution in [2.24, 2.45) is 5.10 Å². The van der Waals surface area contributed by atoms with Gasteiger partial charge in [-0.05, 0) is 36.4 Å². The average molecular weight is 404 g/mol. The van der Waals surface area contributed by atoms with Crippen molar-refractivity contribution in [3.63, 3.8) is 0 Å². The highest BCUT2D eigenvalue weighted by atomic mass is 35.5. The van der Waals surface area contributed by atoms with Crippen molar-refractivity contribution in [3.8, 4) is 11.3 Å².